The summed E-state index contributed by atoms with van der Waals surface area (Å²) >= 11 is 0. The van der Waals surface area contributed by atoms with E-state index in [-0.39, 0.29) is 10.6 Å². The summed E-state index contributed by atoms with van der Waals surface area (Å²) < 4.78 is 45.2. The quantitative estimate of drug-likeness (QED) is 0.886. The Hall–Kier alpha value is -2.12. The second-order valence-electron chi connectivity index (χ2n) is 4.30. The molecule has 0 radical (unpaired) electrons. The third-order valence-corrected chi connectivity index (χ3v) is 4.27. The molecule has 0 atom stereocenters. The number of benzene rings is 2. The standard InChI is InChI=1S/C14H15FN2O3S/c1-20-11-4-7-13(15)14(8-11)17-21(18,19)12-5-2-10(9-16)3-6-12/h2-8,17H,9,16H2,1H3. The van der Waals surface area contributed by atoms with E-state index in [9.17, 15) is 12.8 Å². The number of sulfonamides is 1. The fourth-order valence-electron chi connectivity index (χ4n) is 1.72. The fourth-order valence-corrected chi connectivity index (χ4v) is 2.78. The van der Waals surface area contributed by atoms with Crippen LogP contribution in [0.4, 0.5) is 10.1 Å². The molecule has 0 amide bonds. The van der Waals surface area contributed by atoms with Gasteiger partial charge in [-0.2, -0.15) is 0 Å². The highest BCUT2D eigenvalue weighted by atomic mass is 32.2. The van der Waals surface area contributed by atoms with Crippen LogP contribution >= 0.6 is 0 Å². The first-order valence-electron chi connectivity index (χ1n) is 6.11. The molecule has 0 saturated carbocycles. The fraction of sp³-hybridized carbons (Fsp3) is 0.143. The minimum absolute atomic E-state index is 0.0296. The third-order valence-electron chi connectivity index (χ3n) is 2.89. The zero-order chi connectivity index (χ0) is 15.5. The van der Waals surface area contributed by atoms with Crippen LogP contribution < -0.4 is 15.2 Å². The van der Waals surface area contributed by atoms with Crippen molar-refractivity contribution >= 4 is 15.7 Å². The molecule has 0 aliphatic carbocycles. The van der Waals surface area contributed by atoms with Crippen molar-refractivity contribution in [2.24, 2.45) is 5.73 Å². The van der Waals surface area contributed by atoms with Crippen LogP contribution in [0.2, 0.25) is 0 Å². The first-order chi connectivity index (χ1) is 9.96. The van der Waals surface area contributed by atoms with Gasteiger partial charge in [-0.05, 0) is 29.8 Å². The third kappa shape index (κ3) is 3.50. The molecule has 0 bridgehead atoms. The van der Waals surface area contributed by atoms with Crippen LogP contribution in [-0.4, -0.2) is 15.5 Å². The van der Waals surface area contributed by atoms with Gasteiger partial charge in [0, 0.05) is 12.6 Å². The van der Waals surface area contributed by atoms with E-state index in [2.05, 4.69) is 4.72 Å². The summed E-state index contributed by atoms with van der Waals surface area (Å²) in [6, 6.07) is 9.87. The van der Waals surface area contributed by atoms with Crippen LogP contribution in [-0.2, 0) is 16.6 Å². The van der Waals surface area contributed by atoms with Gasteiger partial charge in [0.25, 0.3) is 10.0 Å². The Morgan fingerprint density at radius 3 is 2.43 bits per heavy atom. The van der Waals surface area contributed by atoms with Crippen LogP contribution in [0, 0.1) is 5.82 Å². The Balaban J connectivity index is 2.32. The Labute approximate surface area is 122 Å². The number of ether oxygens (including phenoxy) is 1. The molecular weight excluding hydrogens is 295 g/mol. The number of rotatable bonds is 5. The van der Waals surface area contributed by atoms with Gasteiger partial charge in [-0.25, -0.2) is 12.8 Å². The summed E-state index contributed by atoms with van der Waals surface area (Å²) in [4.78, 5) is 0.0296. The van der Waals surface area contributed by atoms with Gasteiger partial charge in [0.15, 0.2) is 0 Å². The molecule has 0 aliphatic rings. The Kier molecular flexibility index (Phi) is 4.44. The maximum Gasteiger partial charge on any atom is 0.261 e. The normalized spacial score (nSPS) is 11.2. The van der Waals surface area contributed by atoms with Crippen LogP contribution in [0.5, 0.6) is 5.75 Å². The number of hydrogen-bond acceptors (Lipinski definition) is 4. The van der Waals surface area contributed by atoms with E-state index in [0.717, 1.165) is 11.6 Å². The number of nitrogens with two attached hydrogens (primary N) is 1. The molecule has 112 valence electrons. The highest BCUT2D eigenvalue weighted by Crippen LogP contribution is 2.24. The summed E-state index contributed by atoms with van der Waals surface area (Å²) in [7, 11) is -2.46. The predicted molar refractivity (Wildman–Crippen MR) is 78.1 cm³/mol. The molecule has 7 heteroatoms. The minimum Gasteiger partial charge on any atom is -0.497 e. The maximum atomic E-state index is 13.7. The van der Waals surface area contributed by atoms with Crippen molar-refractivity contribution in [2.45, 2.75) is 11.4 Å². The molecule has 2 rings (SSSR count). The number of anilines is 1. The van der Waals surface area contributed by atoms with Crippen molar-refractivity contribution in [3.8, 4) is 5.75 Å². The zero-order valence-corrected chi connectivity index (χ0v) is 12.2. The van der Waals surface area contributed by atoms with E-state index in [1.165, 1.54) is 31.4 Å². The van der Waals surface area contributed by atoms with Crippen LogP contribution in [0.25, 0.3) is 0 Å². The van der Waals surface area contributed by atoms with Crippen molar-refractivity contribution in [1.29, 1.82) is 0 Å². The first kappa shape index (κ1) is 15.3. The lowest BCUT2D eigenvalue weighted by Gasteiger charge is -2.10. The molecule has 0 fully saturated rings. The van der Waals surface area contributed by atoms with Crippen molar-refractivity contribution in [3.63, 3.8) is 0 Å². The van der Waals surface area contributed by atoms with Gasteiger partial charge in [0.1, 0.15) is 11.6 Å². The summed E-state index contributed by atoms with van der Waals surface area (Å²) in [5.41, 5.74) is 6.09. The van der Waals surface area contributed by atoms with E-state index in [1.807, 2.05) is 0 Å². The van der Waals surface area contributed by atoms with Crippen LogP contribution in [0.15, 0.2) is 47.4 Å². The van der Waals surface area contributed by atoms with E-state index in [1.54, 1.807) is 12.1 Å². The molecule has 0 aromatic heterocycles. The summed E-state index contributed by atoms with van der Waals surface area (Å²) in [6.07, 6.45) is 0. The Morgan fingerprint density at radius 2 is 1.86 bits per heavy atom. The SMILES string of the molecule is COc1ccc(F)c(NS(=O)(=O)c2ccc(CN)cc2)c1. The van der Waals surface area contributed by atoms with Gasteiger partial charge in [-0.1, -0.05) is 12.1 Å². The van der Waals surface area contributed by atoms with Crippen molar-refractivity contribution in [2.75, 3.05) is 11.8 Å². The van der Waals surface area contributed by atoms with Gasteiger partial charge in [-0.15, -0.1) is 0 Å². The molecule has 3 N–H and O–H groups in total. The maximum absolute atomic E-state index is 13.7. The smallest absolute Gasteiger partial charge is 0.261 e. The second kappa shape index (κ2) is 6.11. The summed E-state index contributed by atoms with van der Waals surface area (Å²) in [5.74, 6) is -0.328. The van der Waals surface area contributed by atoms with E-state index < -0.39 is 15.8 Å². The van der Waals surface area contributed by atoms with Gasteiger partial charge >= 0.3 is 0 Å². The van der Waals surface area contributed by atoms with E-state index >= 15 is 0 Å². The lowest BCUT2D eigenvalue weighted by atomic mass is 10.2. The molecule has 0 aliphatic heterocycles. The molecule has 0 unspecified atom stereocenters. The van der Waals surface area contributed by atoms with Crippen molar-refractivity contribution in [3.05, 3.63) is 53.8 Å². The first-order valence-corrected chi connectivity index (χ1v) is 7.60. The molecule has 0 saturated heterocycles. The lowest BCUT2D eigenvalue weighted by Crippen LogP contribution is -2.14. The topological polar surface area (TPSA) is 81.4 Å². The van der Waals surface area contributed by atoms with Gasteiger partial charge < -0.3 is 10.5 Å². The van der Waals surface area contributed by atoms with E-state index in [0.29, 0.717) is 12.3 Å². The van der Waals surface area contributed by atoms with Gasteiger partial charge in [-0.3, -0.25) is 4.72 Å². The van der Waals surface area contributed by atoms with Crippen LogP contribution in [0.3, 0.4) is 0 Å². The van der Waals surface area contributed by atoms with E-state index in [4.69, 9.17) is 10.5 Å². The summed E-state index contributed by atoms with van der Waals surface area (Å²) in [5, 5.41) is 0. The highest BCUT2D eigenvalue weighted by Gasteiger charge is 2.16. The molecule has 2 aromatic carbocycles. The predicted octanol–water partition coefficient (Wildman–Crippen LogP) is 2.09. The Morgan fingerprint density at radius 1 is 1.19 bits per heavy atom. The molecule has 5 nitrogen and oxygen atoms in total. The largest absolute Gasteiger partial charge is 0.497 e. The monoisotopic (exact) mass is 310 g/mol. The molecular formula is C14H15FN2O3S. The number of nitrogens with one attached hydrogen (secondary N) is 1. The van der Waals surface area contributed by atoms with Crippen molar-refractivity contribution < 1.29 is 17.5 Å². The highest BCUT2D eigenvalue weighted by molar-refractivity contribution is 7.92. The molecule has 0 heterocycles. The lowest BCUT2D eigenvalue weighted by molar-refractivity contribution is 0.414. The zero-order valence-electron chi connectivity index (χ0n) is 11.3. The molecule has 0 spiro atoms. The van der Waals surface area contributed by atoms with Gasteiger partial charge in [0.2, 0.25) is 0 Å². The van der Waals surface area contributed by atoms with Crippen molar-refractivity contribution in [1.82, 2.24) is 0 Å². The summed E-state index contributed by atoms with van der Waals surface area (Å²) in [6.45, 7) is 0.318. The minimum atomic E-state index is -3.87. The van der Waals surface area contributed by atoms with Crippen LogP contribution in [0.1, 0.15) is 5.56 Å². The number of hydrogen-bond donors (Lipinski definition) is 2. The molecule has 21 heavy (non-hydrogen) atoms. The number of halogens is 1. The Bertz CT molecular complexity index is 730. The average Bonchev–Trinajstić information content (AvgIpc) is 2.49. The number of methoxy groups -OCH3 is 1. The second-order valence-corrected chi connectivity index (χ2v) is 5.98. The van der Waals surface area contributed by atoms with Gasteiger partial charge in [0.05, 0.1) is 17.7 Å². The molecule has 2 aromatic rings. The average molecular weight is 310 g/mol.